The minimum Gasteiger partial charge on any atom is -0.0104 e. The van der Waals surface area contributed by atoms with E-state index in [0.717, 1.165) is 0 Å². The predicted octanol–water partition coefficient (Wildman–Crippen LogP) is 0.291. The van der Waals surface area contributed by atoms with Gasteiger partial charge in [0, 0.05) is 11.3 Å². The predicted molar refractivity (Wildman–Crippen MR) is 5.44 cm³/mol. The number of rotatable bonds is 0. The van der Waals surface area contributed by atoms with Crippen molar-refractivity contribution in [2.75, 3.05) is 0 Å². The highest BCUT2D eigenvalue weighted by Crippen LogP contribution is 1.61. The summed E-state index contributed by atoms with van der Waals surface area (Å²) in [6.45, 7) is 0. The molecule has 3 radical (unpaired) electrons. The molecule has 0 atom stereocenters. The normalized spacial score (nSPS) is 4.50. The molecule has 0 heterocycles. The van der Waals surface area contributed by atoms with Crippen molar-refractivity contribution in [3.63, 3.8) is 0 Å². The lowest BCUT2D eigenvalue weighted by Crippen LogP contribution is -1.26. The summed E-state index contributed by atoms with van der Waals surface area (Å²) in [4.78, 5) is 0. The van der Waals surface area contributed by atoms with Crippen molar-refractivity contribution in [1.29, 1.82) is 0 Å². The lowest BCUT2D eigenvalue weighted by molar-refractivity contribution is -0.317. The molecule has 0 bridgehead atoms. The quantitative estimate of drug-likeness (QED) is 0.402. The Kier molecular flexibility index (Phi) is 33.4. The molecule has 0 aromatic rings. The summed E-state index contributed by atoms with van der Waals surface area (Å²) in [6, 6.07) is 0. The Labute approximate surface area is 21.8 Å². The van der Waals surface area contributed by atoms with Gasteiger partial charge in [-0.3, -0.25) is 0 Å². The third-order valence-electron chi connectivity index (χ3n) is 0. The second kappa shape index (κ2) is 14.5. The van der Waals surface area contributed by atoms with Crippen molar-refractivity contribution >= 4 is 0 Å². The van der Waals surface area contributed by atoms with E-state index in [-0.39, 0.29) is 6.15 Å². The second-order valence-corrected chi connectivity index (χ2v) is 0.0583. The Hall–Kier alpha value is -0.220. The van der Waals surface area contributed by atoms with Crippen LogP contribution in [0.3, 0.4) is 0 Å². The summed E-state index contributed by atoms with van der Waals surface area (Å²) in [6.07, 6.45) is 0. The lowest BCUT2D eigenvalue weighted by Gasteiger charge is -1.41. The molecule has 0 fully saturated rings. The minimum absolute atomic E-state index is 0. The van der Waals surface area contributed by atoms with Gasteiger partial charge in [0.15, 0.2) is 0 Å². The van der Waals surface area contributed by atoms with Crippen molar-refractivity contribution < 1.29 is 14.2 Å². The molecular formula is F2NO. The van der Waals surface area contributed by atoms with Gasteiger partial charge in [-0.2, -0.15) is 0 Å². The largest absolute Gasteiger partial charge is 0.0209 e. The van der Waals surface area contributed by atoms with Gasteiger partial charge in [0.2, 0.25) is 0 Å². The molecule has 25 valence electrons. The maximum absolute atomic E-state index is 9.12. The minimum atomic E-state index is 0. The standard InChI is InChI=1S/F2O.N/c1-3-2;. The zero-order valence-corrected chi connectivity index (χ0v) is 1.61. The van der Waals surface area contributed by atoms with E-state index in [2.05, 4.69) is 0 Å². The smallest absolute Gasteiger partial charge is 0.0104 e. The van der Waals surface area contributed by atoms with Gasteiger partial charge in [-0.05, 0) is 9.05 Å². The molecule has 0 aliphatic heterocycles. The van der Waals surface area contributed by atoms with E-state index in [0.29, 0.717) is 0 Å². The summed E-state index contributed by atoms with van der Waals surface area (Å²) < 4.78 is 18.2. The number of hydrogen-bond donors (Lipinski definition) is 0. The van der Waals surface area contributed by atoms with Crippen LogP contribution in [0, 0.1) is 0 Å². The van der Waals surface area contributed by atoms with Crippen LogP contribution in [0.15, 0.2) is 0 Å². The summed E-state index contributed by atoms with van der Waals surface area (Å²) in [7, 11) is 0. The fraction of sp³-hybridized carbons (Fsp3) is 0. The summed E-state index contributed by atoms with van der Waals surface area (Å²) in [5.74, 6) is 0. The van der Waals surface area contributed by atoms with E-state index in [1.165, 1.54) is 5.15 Å². The Morgan fingerprint density at radius 3 is 1.25 bits per heavy atom. The molecule has 0 saturated heterocycles. The molecule has 0 amide bonds. The van der Waals surface area contributed by atoms with Crippen LogP contribution < -0.4 is 6.15 Å². The first-order valence-electron chi connectivity index (χ1n) is 0.309. The van der Waals surface area contributed by atoms with Gasteiger partial charge in [0.1, 0.15) is 0 Å². The van der Waals surface area contributed by atoms with E-state index in [1.54, 1.807) is 0 Å². The van der Waals surface area contributed by atoms with Gasteiger partial charge in [-0.25, -0.2) is 0 Å². The molecule has 0 spiro atoms. The highest BCUT2D eigenvalue weighted by atomic mass is 19.6. The SMILES string of the molecule is FOF.[N]. The number of nitrogens with zero attached hydrogens (tertiary/aromatic N) is 1. The molecule has 4 heavy (non-hydrogen) atoms. The van der Waals surface area contributed by atoms with Crippen molar-refractivity contribution in [3.8, 4) is 0 Å². The molecule has 0 aromatic carbocycles. The Balaban J connectivity index is 0. The van der Waals surface area contributed by atoms with Crippen LogP contribution in [-0.2, 0) is 5.15 Å². The van der Waals surface area contributed by atoms with Crippen LogP contribution in [0.1, 0.15) is 0 Å². The van der Waals surface area contributed by atoms with E-state index in [1.807, 2.05) is 0 Å². The first-order chi connectivity index (χ1) is 1.41. The molecule has 0 aliphatic carbocycles. The molecule has 0 saturated carbocycles. The molecule has 0 aromatic heterocycles. The van der Waals surface area contributed by atoms with Gasteiger partial charge < -0.3 is 0 Å². The van der Waals surface area contributed by atoms with Crippen molar-refractivity contribution in [2.24, 2.45) is 0 Å². The monoisotopic (exact) mass is 68.0 g/mol. The van der Waals surface area contributed by atoms with Crippen LogP contribution in [0.5, 0.6) is 0 Å². The maximum atomic E-state index is 9.12. The fourth-order valence-corrected chi connectivity index (χ4v) is 0. The van der Waals surface area contributed by atoms with Crippen LogP contribution in [0.4, 0.5) is 9.05 Å². The molecular weight excluding hydrogens is 68.0 g/mol. The van der Waals surface area contributed by atoms with Crippen molar-refractivity contribution in [2.45, 2.75) is 0 Å². The summed E-state index contributed by atoms with van der Waals surface area (Å²) in [5.41, 5.74) is 0. The van der Waals surface area contributed by atoms with Gasteiger partial charge in [-0.1, -0.05) is 0 Å². The Morgan fingerprint density at radius 2 is 1.25 bits per heavy atom. The topological polar surface area (TPSA) is 39.7 Å². The Morgan fingerprint density at radius 1 is 1.25 bits per heavy atom. The van der Waals surface area contributed by atoms with Crippen LogP contribution in [-0.4, -0.2) is 0 Å². The van der Waals surface area contributed by atoms with Crippen molar-refractivity contribution in [1.82, 2.24) is 6.15 Å². The van der Waals surface area contributed by atoms with Gasteiger partial charge >= 0.3 is 0 Å². The van der Waals surface area contributed by atoms with Crippen LogP contribution in [0.2, 0.25) is 0 Å². The van der Waals surface area contributed by atoms with E-state index >= 15 is 0 Å². The average Bonchev–Trinajstić information content (AvgIpc) is 0.918. The van der Waals surface area contributed by atoms with Gasteiger partial charge in [0.05, 0.1) is 0 Å². The molecule has 4 heteroatoms. The zero-order chi connectivity index (χ0) is 2.71. The average molecular weight is 68.0 g/mol. The third-order valence-corrected chi connectivity index (χ3v) is 0. The second-order valence-electron chi connectivity index (χ2n) is 0.0583. The molecule has 0 rings (SSSR count). The number of halogens is 2. The maximum Gasteiger partial charge on any atom is 0.0209 e. The van der Waals surface area contributed by atoms with E-state index < -0.39 is 0 Å². The van der Waals surface area contributed by atoms with Crippen LogP contribution in [0.25, 0.3) is 0 Å². The molecule has 0 aliphatic rings. The number of hydrogen-bond acceptors (Lipinski definition) is 1. The first-order valence-corrected chi connectivity index (χ1v) is 0.309. The van der Waals surface area contributed by atoms with Gasteiger partial charge in [-0.15, -0.1) is 0 Å². The van der Waals surface area contributed by atoms with E-state index in [9.17, 15) is 0 Å². The van der Waals surface area contributed by atoms with Gasteiger partial charge in [0.25, 0.3) is 0 Å². The summed E-state index contributed by atoms with van der Waals surface area (Å²) >= 11 is 0. The highest BCUT2D eigenvalue weighted by Gasteiger charge is 1.42. The molecule has 0 N–H and O–H groups in total. The summed E-state index contributed by atoms with van der Waals surface area (Å²) in [5, 5.41) is 1.25. The lowest BCUT2D eigenvalue weighted by atomic mass is 14.0. The third kappa shape index (κ3) is 22.4. The highest BCUT2D eigenvalue weighted by molar-refractivity contribution is 2.51. The Bertz CT molecular complexity index is 6.00. The zero-order valence-electron chi connectivity index (χ0n) is 1.61. The van der Waals surface area contributed by atoms with Crippen LogP contribution >= 0.6 is 0 Å². The van der Waals surface area contributed by atoms with E-state index in [4.69, 9.17) is 9.05 Å². The first kappa shape index (κ1) is 9.22. The van der Waals surface area contributed by atoms with Crippen molar-refractivity contribution in [3.05, 3.63) is 0 Å². The fourth-order valence-electron chi connectivity index (χ4n) is 0. The molecule has 2 nitrogen and oxygen atoms in total. The molecule has 0 unspecified atom stereocenters.